The lowest BCUT2D eigenvalue weighted by Crippen LogP contribution is -2.21. The molecule has 2 N–H and O–H groups in total. The van der Waals surface area contributed by atoms with Gasteiger partial charge in [0.1, 0.15) is 0 Å². The van der Waals surface area contributed by atoms with Gasteiger partial charge in [-0.15, -0.1) is 0 Å². The van der Waals surface area contributed by atoms with Crippen molar-refractivity contribution in [3.8, 4) is 11.3 Å². The van der Waals surface area contributed by atoms with Gasteiger partial charge in [0, 0.05) is 24.8 Å². The maximum atomic E-state index is 11.7. The van der Waals surface area contributed by atoms with Crippen molar-refractivity contribution in [3.63, 3.8) is 0 Å². The van der Waals surface area contributed by atoms with Crippen molar-refractivity contribution in [2.24, 2.45) is 0 Å². The minimum atomic E-state index is -0.159. The van der Waals surface area contributed by atoms with E-state index >= 15 is 0 Å². The molecule has 1 aliphatic heterocycles. The Balaban J connectivity index is 1.78. The number of benzene rings is 1. The van der Waals surface area contributed by atoms with E-state index in [0.29, 0.717) is 18.2 Å². The molecule has 0 bridgehead atoms. The van der Waals surface area contributed by atoms with Crippen LogP contribution in [-0.4, -0.2) is 29.2 Å². The number of aromatic amines is 1. The average Bonchev–Trinajstić information content (AvgIpc) is 2.99. The largest absolute Gasteiger partial charge is 0.376 e. The van der Waals surface area contributed by atoms with Crippen LogP contribution in [-0.2, 0) is 4.74 Å². The fourth-order valence-electron chi connectivity index (χ4n) is 2.31. The lowest BCUT2D eigenvalue weighted by molar-refractivity contribution is 0.120. The van der Waals surface area contributed by atoms with Crippen LogP contribution in [0.2, 0.25) is 0 Å². The first-order valence-electron chi connectivity index (χ1n) is 6.83. The Hall–Kier alpha value is -2.14. The van der Waals surface area contributed by atoms with Crippen molar-refractivity contribution >= 4 is 5.95 Å². The molecule has 1 aliphatic rings. The number of nitrogens with zero attached hydrogens (tertiary/aromatic N) is 1. The van der Waals surface area contributed by atoms with E-state index in [4.69, 9.17) is 4.74 Å². The van der Waals surface area contributed by atoms with Crippen LogP contribution in [0.5, 0.6) is 0 Å². The number of ether oxygens (including phenoxy) is 1. The molecule has 104 valence electrons. The maximum Gasteiger partial charge on any atom is 0.252 e. The number of hydrogen-bond acceptors (Lipinski definition) is 4. The lowest BCUT2D eigenvalue weighted by Gasteiger charge is -2.11. The zero-order valence-electron chi connectivity index (χ0n) is 11.1. The van der Waals surface area contributed by atoms with E-state index in [1.807, 2.05) is 30.3 Å². The second-order valence-electron chi connectivity index (χ2n) is 4.86. The molecule has 1 atom stereocenters. The highest BCUT2D eigenvalue weighted by Crippen LogP contribution is 2.16. The molecule has 5 nitrogen and oxygen atoms in total. The van der Waals surface area contributed by atoms with Crippen LogP contribution in [0.1, 0.15) is 12.8 Å². The van der Waals surface area contributed by atoms with Gasteiger partial charge in [0.05, 0.1) is 11.8 Å². The summed E-state index contributed by atoms with van der Waals surface area (Å²) in [5.74, 6) is 0.492. The lowest BCUT2D eigenvalue weighted by atomic mass is 10.1. The molecule has 0 unspecified atom stereocenters. The number of nitrogens with one attached hydrogen (secondary N) is 2. The smallest absolute Gasteiger partial charge is 0.252 e. The Morgan fingerprint density at radius 3 is 2.95 bits per heavy atom. The molecule has 5 heteroatoms. The van der Waals surface area contributed by atoms with Gasteiger partial charge in [0.15, 0.2) is 0 Å². The summed E-state index contributed by atoms with van der Waals surface area (Å²) < 4.78 is 5.54. The fraction of sp³-hybridized carbons (Fsp3) is 0.333. The van der Waals surface area contributed by atoms with Crippen LogP contribution in [0.4, 0.5) is 5.95 Å². The van der Waals surface area contributed by atoms with Crippen LogP contribution < -0.4 is 10.9 Å². The van der Waals surface area contributed by atoms with E-state index in [2.05, 4.69) is 15.3 Å². The normalized spacial score (nSPS) is 18.1. The molecular formula is C15H17N3O2. The third-order valence-corrected chi connectivity index (χ3v) is 3.33. The quantitative estimate of drug-likeness (QED) is 0.893. The highest BCUT2D eigenvalue weighted by atomic mass is 16.5. The highest BCUT2D eigenvalue weighted by molar-refractivity contribution is 5.59. The van der Waals surface area contributed by atoms with E-state index in [1.54, 1.807) is 0 Å². The van der Waals surface area contributed by atoms with Crippen molar-refractivity contribution in [3.05, 3.63) is 46.8 Å². The summed E-state index contributed by atoms with van der Waals surface area (Å²) in [4.78, 5) is 18.9. The average molecular weight is 271 g/mol. The third-order valence-electron chi connectivity index (χ3n) is 3.33. The number of aromatic nitrogens is 2. The minimum absolute atomic E-state index is 0.159. The summed E-state index contributed by atoms with van der Waals surface area (Å²) in [6, 6.07) is 11.2. The second-order valence-corrected chi connectivity index (χ2v) is 4.86. The van der Waals surface area contributed by atoms with Gasteiger partial charge in [-0.3, -0.25) is 9.78 Å². The third kappa shape index (κ3) is 3.05. The predicted molar refractivity (Wildman–Crippen MR) is 77.8 cm³/mol. The minimum Gasteiger partial charge on any atom is -0.376 e. The summed E-state index contributed by atoms with van der Waals surface area (Å²) in [5.41, 5.74) is 1.44. The Kier molecular flexibility index (Phi) is 3.78. The van der Waals surface area contributed by atoms with Crippen LogP contribution in [0.25, 0.3) is 11.3 Å². The van der Waals surface area contributed by atoms with Gasteiger partial charge in [-0.05, 0) is 12.8 Å². The Labute approximate surface area is 117 Å². The molecule has 20 heavy (non-hydrogen) atoms. The first-order chi connectivity index (χ1) is 9.81. The van der Waals surface area contributed by atoms with Crippen LogP contribution in [0.3, 0.4) is 0 Å². The summed E-state index contributed by atoms with van der Waals surface area (Å²) in [7, 11) is 0. The molecule has 0 spiro atoms. The van der Waals surface area contributed by atoms with Crippen LogP contribution >= 0.6 is 0 Å². The standard InChI is InChI=1S/C15H17N3O2/c19-14-9-13(11-5-2-1-3-6-11)17-15(18-14)16-10-12-7-4-8-20-12/h1-3,5-6,9,12H,4,7-8,10H2,(H2,16,17,18,19)/t12-/m0/s1. The van der Waals surface area contributed by atoms with E-state index in [0.717, 1.165) is 25.0 Å². The molecule has 0 radical (unpaired) electrons. The molecule has 1 aromatic heterocycles. The van der Waals surface area contributed by atoms with Gasteiger partial charge < -0.3 is 10.1 Å². The molecule has 1 aromatic carbocycles. The first kappa shape index (κ1) is 12.9. The van der Waals surface area contributed by atoms with E-state index in [-0.39, 0.29) is 11.7 Å². The van der Waals surface area contributed by atoms with Crippen LogP contribution in [0, 0.1) is 0 Å². The second kappa shape index (κ2) is 5.88. The molecule has 2 aromatic rings. The van der Waals surface area contributed by atoms with Crippen LogP contribution in [0.15, 0.2) is 41.2 Å². The summed E-state index contributed by atoms with van der Waals surface area (Å²) in [5, 5.41) is 3.15. The molecule has 3 rings (SSSR count). The predicted octanol–water partition coefficient (Wildman–Crippen LogP) is 2.03. The Morgan fingerprint density at radius 1 is 1.35 bits per heavy atom. The number of anilines is 1. The van der Waals surface area contributed by atoms with E-state index < -0.39 is 0 Å². The SMILES string of the molecule is O=c1cc(-c2ccccc2)nc(NC[C@@H]2CCCO2)[nH]1. The molecular weight excluding hydrogens is 254 g/mol. The van der Waals surface area contributed by atoms with Crippen molar-refractivity contribution in [1.29, 1.82) is 0 Å². The molecule has 1 saturated heterocycles. The van der Waals surface area contributed by atoms with Gasteiger partial charge in [-0.2, -0.15) is 0 Å². The van der Waals surface area contributed by atoms with Gasteiger partial charge >= 0.3 is 0 Å². The number of hydrogen-bond donors (Lipinski definition) is 2. The zero-order valence-corrected chi connectivity index (χ0v) is 11.1. The fourth-order valence-corrected chi connectivity index (χ4v) is 2.31. The highest BCUT2D eigenvalue weighted by Gasteiger charge is 2.15. The molecule has 1 fully saturated rings. The van der Waals surface area contributed by atoms with Gasteiger partial charge in [-0.25, -0.2) is 4.98 Å². The number of rotatable bonds is 4. The molecule has 0 aliphatic carbocycles. The van der Waals surface area contributed by atoms with Gasteiger partial charge in [0.25, 0.3) is 5.56 Å². The van der Waals surface area contributed by atoms with Crippen molar-refractivity contribution in [2.75, 3.05) is 18.5 Å². The number of H-pyrrole nitrogens is 1. The molecule has 2 heterocycles. The first-order valence-corrected chi connectivity index (χ1v) is 6.83. The summed E-state index contributed by atoms with van der Waals surface area (Å²) in [6.45, 7) is 1.49. The summed E-state index contributed by atoms with van der Waals surface area (Å²) in [6.07, 6.45) is 2.36. The zero-order chi connectivity index (χ0) is 13.8. The van der Waals surface area contributed by atoms with Crippen molar-refractivity contribution in [2.45, 2.75) is 18.9 Å². The maximum absolute atomic E-state index is 11.7. The monoisotopic (exact) mass is 271 g/mol. The molecule has 0 saturated carbocycles. The van der Waals surface area contributed by atoms with E-state index in [1.165, 1.54) is 6.07 Å². The van der Waals surface area contributed by atoms with Gasteiger partial charge in [0.2, 0.25) is 5.95 Å². The Bertz CT molecular complexity index is 619. The van der Waals surface area contributed by atoms with Crippen molar-refractivity contribution < 1.29 is 4.74 Å². The van der Waals surface area contributed by atoms with Crippen molar-refractivity contribution in [1.82, 2.24) is 9.97 Å². The van der Waals surface area contributed by atoms with E-state index in [9.17, 15) is 4.79 Å². The molecule has 0 amide bonds. The summed E-state index contributed by atoms with van der Waals surface area (Å²) >= 11 is 0. The topological polar surface area (TPSA) is 67.0 Å². The van der Waals surface area contributed by atoms with Gasteiger partial charge in [-0.1, -0.05) is 30.3 Å². The Morgan fingerprint density at radius 2 is 2.20 bits per heavy atom.